The van der Waals surface area contributed by atoms with E-state index in [0.717, 1.165) is 10.5 Å². The van der Waals surface area contributed by atoms with Gasteiger partial charge < -0.3 is 10.2 Å². The van der Waals surface area contributed by atoms with Crippen LogP contribution < -0.4 is 15.5 Å². The number of carbonyl (C=O) groups excluding carboxylic acids is 2. The summed E-state index contributed by atoms with van der Waals surface area (Å²) >= 11 is 0. The van der Waals surface area contributed by atoms with Crippen molar-refractivity contribution in [1.29, 1.82) is 0 Å². The van der Waals surface area contributed by atoms with Crippen LogP contribution in [0, 0.1) is 0 Å². The Morgan fingerprint density at radius 2 is 1.53 bits per heavy atom. The topological polar surface area (TPSA) is 100 Å². The number of urea groups is 1. The molecule has 1 aromatic carbocycles. The molecule has 1 saturated heterocycles. The summed E-state index contributed by atoms with van der Waals surface area (Å²) in [4.78, 5) is 25.1. The fraction of sp³-hybridized carbons (Fsp3) is 0.619. The van der Waals surface area contributed by atoms with Gasteiger partial charge in [-0.3, -0.25) is 10.1 Å². The molecule has 168 valence electrons. The molecule has 1 fully saturated rings. The molecule has 0 bridgehead atoms. The number of nitrogens with one attached hydrogen (secondary N) is 3. The molecular formula is C21H35N4O4S+. The molecule has 0 unspecified atom stereocenters. The molecule has 1 aliphatic rings. The highest BCUT2D eigenvalue weighted by atomic mass is 32.2. The van der Waals surface area contributed by atoms with Crippen molar-refractivity contribution in [2.75, 3.05) is 32.7 Å². The first-order valence-corrected chi connectivity index (χ1v) is 11.7. The lowest BCUT2D eigenvalue weighted by Gasteiger charge is -2.31. The lowest BCUT2D eigenvalue weighted by molar-refractivity contribution is -0.895. The van der Waals surface area contributed by atoms with Crippen LogP contribution in [0.4, 0.5) is 4.79 Å². The van der Waals surface area contributed by atoms with Crippen LogP contribution in [0.5, 0.6) is 0 Å². The first-order valence-electron chi connectivity index (χ1n) is 10.2. The summed E-state index contributed by atoms with van der Waals surface area (Å²) in [6.45, 7) is 13.6. The van der Waals surface area contributed by atoms with E-state index in [2.05, 4.69) is 31.4 Å². The molecule has 0 radical (unpaired) electrons. The molecule has 2 rings (SSSR count). The number of carbonyl (C=O) groups is 2. The molecule has 0 atom stereocenters. The number of amides is 3. The molecular weight excluding hydrogens is 404 g/mol. The molecule has 8 nitrogen and oxygen atoms in total. The van der Waals surface area contributed by atoms with Gasteiger partial charge in [-0.2, -0.15) is 4.31 Å². The summed E-state index contributed by atoms with van der Waals surface area (Å²) < 4.78 is 27.3. The van der Waals surface area contributed by atoms with Gasteiger partial charge in [0.2, 0.25) is 10.0 Å². The predicted octanol–water partition coefficient (Wildman–Crippen LogP) is 0.498. The molecule has 0 aliphatic carbocycles. The Labute approximate surface area is 180 Å². The first kappa shape index (κ1) is 24.3. The van der Waals surface area contributed by atoms with Crippen molar-refractivity contribution < 1.29 is 22.9 Å². The Bertz CT molecular complexity index is 860. The van der Waals surface area contributed by atoms with Crippen LogP contribution in [-0.4, -0.2) is 62.9 Å². The zero-order valence-electron chi connectivity index (χ0n) is 18.8. The molecule has 3 N–H and O–H groups in total. The smallest absolute Gasteiger partial charge is 0.322 e. The summed E-state index contributed by atoms with van der Waals surface area (Å²) in [6.07, 6.45) is 0. The van der Waals surface area contributed by atoms with Gasteiger partial charge in [0.25, 0.3) is 5.91 Å². The van der Waals surface area contributed by atoms with Gasteiger partial charge in [-0.1, -0.05) is 32.9 Å². The lowest BCUT2D eigenvalue weighted by atomic mass is 9.87. The van der Waals surface area contributed by atoms with Crippen LogP contribution in [-0.2, 0) is 20.2 Å². The molecule has 1 aromatic rings. The summed E-state index contributed by atoms with van der Waals surface area (Å²) in [6, 6.07) is 6.53. The molecule has 1 aliphatic heterocycles. The van der Waals surface area contributed by atoms with E-state index in [9.17, 15) is 18.0 Å². The summed E-state index contributed by atoms with van der Waals surface area (Å²) in [5, 5.41) is 5.00. The molecule has 0 spiro atoms. The van der Waals surface area contributed by atoms with Crippen molar-refractivity contribution in [3.8, 4) is 0 Å². The molecule has 0 aromatic heterocycles. The van der Waals surface area contributed by atoms with E-state index in [4.69, 9.17) is 0 Å². The maximum Gasteiger partial charge on any atom is 0.322 e. The van der Waals surface area contributed by atoms with Crippen molar-refractivity contribution in [3.63, 3.8) is 0 Å². The minimum absolute atomic E-state index is 0.0400. The van der Waals surface area contributed by atoms with Crippen molar-refractivity contribution in [1.82, 2.24) is 14.9 Å². The number of piperazine rings is 1. The van der Waals surface area contributed by atoms with E-state index in [0.29, 0.717) is 26.2 Å². The van der Waals surface area contributed by atoms with E-state index in [1.807, 2.05) is 32.9 Å². The molecule has 30 heavy (non-hydrogen) atoms. The summed E-state index contributed by atoms with van der Waals surface area (Å²) in [5.41, 5.74) is 0.612. The van der Waals surface area contributed by atoms with E-state index < -0.39 is 21.6 Å². The zero-order chi connectivity index (χ0) is 22.7. The highest BCUT2D eigenvalue weighted by Gasteiger charge is 2.31. The van der Waals surface area contributed by atoms with Gasteiger partial charge in [-0.05, 0) is 43.9 Å². The quantitative estimate of drug-likeness (QED) is 0.636. The van der Waals surface area contributed by atoms with Crippen LogP contribution in [0.2, 0.25) is 0 Å². The fourth-order valence-corrected chi connectivity index (χ4v) is 4.71. The first-order chi connectivity index (χ1) is 13.7. The molecule has 3 amide bonds. The number of sulfonamides is 1. The normalized spacial score (nSPS) is 16.9. The number of hydrogen-bond donors (Lipinski definition) is 3. The second-order valence-electron chi connectivity index (χ2n) is 9.86. The van der Waals surface area contributed by atoms with Gasteiger partial charge in [0.15, 0.2) is 6.54 Å². The van der Waals surface area contributed by atoms with Crippen molar-refractivity contribution in [2.24, 2.45) is 0 Å². The average Bonchev–Trinajstić information content (AvgIpc) is 2.59. The van der Waals surface area contributed by atoms with E-state index in [1.54, 1.807) is 12.1 Å². The lowest BCUT2D eigenvalue weighted by Crippen LogP contribution is -3.15. The van der Waals surface area contributed by atoms with Gasteiger partial charge in [-0.25, -0.2) is 13.2 Å². The van der Waals surface area contributed by atoms with Gasteiger partial charge in [0, 0.05) is 5.54 Å². The highest BCUT2D eigenvalue weighted by molar-refractivity contribution is 7.89. The van der Waals surface area contributed by atoms with Crippen molar-refractivity contribution >= 4 is 22.0 Å². The zero-order valence-corrected chi connectivity index (χ0v) is 19.6. The third-order valence-corrected chi connectivity index (χ3v) is 6.85. The Hall–Kier alpha value is -1.97. The Kier molecular flexibility index (Phi) is 7.32. The number of nitrogens with zero attached hydrogens (tertiary/aromatic N) is 1. The van der Waals surface area contributed by atoms with Crippen LogP contribution in [0.3, 0.4) is 0 Å². The third-order valence-electron chi connectivity index (χ3n) is 4.94. The molecule has 0 saturated carbocycles. The second kappa shape index (κ2) is 9.03. The average molecular weight is 440 g/mol. The number of benzene rings is 1. The standard InChI is InChI=1S/C21H34N4O4S/c1-20(2,3)16-7-9-17(10-8-16)30(28,29)25-13-11-24(12-14-25)15-18(26)22-19(27)23-21(4,5)6/h7-10H,11-15H2,1-6H3,(H2,22,23,26,27)/p+1. The van der Waals surface area contributed by atoms with E-state index >= 15 is 0 Å². The number of hydrogen-bond acceptors (Lipinski definition) is 4. The van der Waals surface area contributed by atoms with Crippen LogP contribution in [0.15, 0.2) is 29.2 Å². The minimum atomic E-state index is -3.56. The van der Waals surface area contributed by atoms with Crippen LogP contribution in [0.25, 0.3) is 0 Å². The van der Waals surface area contributed by atoms with Crippen LogP contribution >= 0.6 is 0 Å². The molecule has 1 heterocycles. The summed E-state index contributed by atoms with van der Waals surface area (Å²) in [5.74, 6) is -0.374. The maximum atomic E-state index is 12.9. The number of quaternary nitrogens is 1. The monoisotopic (exact) mass is 439 g/mol. The van der Waals surface area contributed by atoms with Crippen molar-refractivity contribution in [3.05, 3.63) is 29.8 Å². The molecule has 9 heteroatoms. The van der Waals surface area contributed by atoms with E-state index in [1.165, 1.54) is 4.31 Å². The van der Waals surface area contributed by atoms with Gasteiger partial charge >= 0.3 is 6.03 Å². The van der Waals surface area contributed by atoms with Gasteiger partial charge in [0.05, 0.1) is 31.1 Å². The SMILES string of the molecule is CC(C)(C)NC(=O)NC(=O)C[NH+]1CCN(S(=O)(=O)c2ccc(C(C)(C)C)cc2)CC1. The van der Waals surface area contributed by atoms with E-state index in [-0.39, 0.29) is 22.8 Å². The second-order valence-corrected chi connectivity index (χ2v) is 11.8. The Morgan fingerprint density at radius 1 is 1.00 bits per heavy atom. The highest BCUT2D eigenvalue weighted by Crippen LogP contribution is 2.24. The third kappa shape index (κ3) is 6.78. The Balaban J connectivity index is 1.90. The van der Waals surface area contributed by atoms with Gasteiger partial charge in [0.1, 0.15) is 0 Å². The summed E-state index contributed by atoms with van der Waals surface area (Å²) in [7, 11) is -3.56. The fourth-order valence-electron chi connectivity index (χ4n) is 3.27. The van der Waals surface area contributed by atoms with Gasteiger partial charge in [-0.15, -0.1) is 0 Å². The maximum absolute atomic E-state index is 12.9. The Morgan fingerprint density at radius 3 is 2.00 bits per heavy atom. The number of imide groups is 1. The largest absolute Gasteiger partial charge is 0.333 e. The van der Waals surface area contributed by atoms with Crippen molar-refractivity contribution in [2.45, 2.75) is 57.4 Å². The van der Waals surface area contributed by atoms with Crippen LogP contribution in [0.1, 0.15) is 47.1 Å². The number of rotatable bonds is 4. The minimum Gasteiger partial charge on any atom is -0.333 e. The predicted molar refractivity (Wildman–Crippen MR) is 116 cm³/mol.